The second-order valence-electron chi connectivity index (χ2n) is 3.23. The summed E-state index contributed by atoms with van der Waals surface area (Å²) in [6, 6.07) is 0. The highest BCUT2D eigenvalue weighted by molar-refractivity contribution is 6.76. The van der Waals surface area contributed by atoms with Crippen LogP contribution in [0.1, 0.15) is 0 Å². The predicted octanol–water partition coefficient (Wildman–Crippen LogP) is -1.09. The fraction of sp³-hybridized carbons (Fsp3) is 0.857. The van der Waals surface area contributed by atoms with Crippen molar-refractivity contribution < 1.29 is 24.9 Å². The van der Waals surface area contributed by atoms with Gasteiger partial charge in [-0.05, 0) is 0 Å². The van der Waals surface area contributed by atoms with Gasteiger partial charge in [0.1, 0.15) is 18.3 Å². The molecule has 0 unspecified atom stereocenters. The first-order chi connectivity index (χ1) is 7.27. The molecule has 0 saturated carbocycles. The second-order valence-corrected chi connectivity index (χ2v) is 5.51. The van der Waals surface area contributed by atoms with Crippen LogP contribution in [0.5, 0.6) is 0 Å². The van der Waals surface area contributed by atoms with E-state index in [1.807, 2.05) is 0 Å². The van der Waals surface area contributed by atoms with E-state index in [-0.39, 0.29) is 0 Å². The zero-order chi connectivity index (χ0) is 12.5. The maximum atomic E-state index is 11.2. The number of halogens is 3. The number of carbonyl (C=O) groups excluding carboxylic acids is 1. The van der Waals surface area contributed by atoms with Crippen molar-refractivity contribution >= 4 is 40.7 Å². The lowest BCUT2D eigenvalue weighted by atomic mass is 10.1. The number of amides is 1. The molecular formula is C7H10Cl3NO5. The van der Waals surface area contributed by atoms with Crippen molar-refractivity contribution in [3.05, 3.63) is 0 Å². The fourth-order valence-corrected chi connectivity index (χ4v) is 1.39. The van der Waals surface area contributed by atoms with Crippen LogP contribution in [0.25, 0.3) is 0 Å². The van der Waals surface area contributed by atoms with Gasteiger partial charge in [0.25, 0.3) is 9.70 Å². The summed E-state index contributed by atoms with van der Waals surface area (Å²) in [5.74, 6) is -0.993. The molecule has 1 saturated heterocycles. The molecule has 1 aliphatic heterocycles. The summed E-state index contributed by atoms with van der Waals surface area (Å²) < 4.78 is 2.75. The molecule has 0 aliphatic carbocycles. The van der Waals surface area contributed by atoms with Gasteiger partial charge in [0.15, 0.2) is 6.23 Å². The number of alkyl halides is 3. The van der Waals surface area contributed by atoms with Crippen molar-refractivity contribution in [1.82, 2.24) is 5.32 Å². The molecular weight excluding hydrogens is 284 g/mol. The molecule has 16 heavy (non-hydrogen) atoms. The van der Waals surface area contributed by atoms with E-state index in [1.165, 1.54) is 0 Å². The Balaban J connectivity index is 2.60. The molecule has 1 heterocycles. The highest BCUT2D eigenvalue weighted by Gasteiger charge is 2.45. The molecule has 0 bridgehead atoms. The Bertz CT molecular complexity index is 271. The minimum Gasteiger partial charge on any atom is -0.394 e. The second kappa shape index (κ2) is 5.22. The van der Waals surface area contributed by atoms with Crippen molar-refractivity contribution in [3.63, 3.8) is 0 Å². The van der Waals surface area contributed by atoms with Gasteiger partial charge in [-0.2, -0.15) is 0 Å². The summed E-state index contributed by atoms with van der Waals surface area (Å²) in [6.07, 6.45) is -4.93. The highest BCUT2D eigenvalue weighted by atomic mass is 35.6. The maximum Gasteiger partial charge on any atom is 0.274 e. The van der Waals surface area contributed by atoms with Crippen LogP contribution in [0.2, 0.25) is 0 Å². The van der Waals surface area contributed by atoms with Gasteiger partial charge in [-0.1, -0.05) is 34.8 Å². The van der Waals surface area contributed by atoms with E-state index >= 15 is 0 Å². The monoisotopic (exact) mass is 293 g/mol. The zero-order valence-corrected chi connectivity index (χ0v) is 10.1. The number of hydrogen-bond donors (Lipinski definition) is 4. The van der Waals surface area contributed by atoms with Gasteiger partial charge in [0, 0.05) is 0 Å². The largest absolute Gasteiger partial charge is 0.394 e. The molecule has 1 aliphatic rings. The quantitative estimate of drug-likeness (QED) is 0.485. The summed E-state index contributed by atoms with van der Waals surface area (Å²) in [5.41, 5.74) is 0. The molecule has 1 amide bonds. The summed E-state index contributed by atoms with van der Waals surface area (Å²) >= 11 is 15.9. The maximum absolute atomic E-state index is 11.2. The van der Waals surface area contributed by atoms with E-state index < -0.39 is 40.8 Å². The van der Waals surface area contributed by atoms with Crippen LogP contribution < -0.4 is 5.32 Å². The van der Waals surface area contributed by atoms with E-state index in [2.05, 4.69) is 5.32 Å². The number of rotatable bonds is 2. The number of aliphatic hydroxyl groups excluding tert-OH is 3. The van der Waals surface area contributed by atoms with Crippen LogP contribution >= 0.6 is 34.8 Å². The number of nitrogens with one attached hydrogen (secondary N) is 1. The lowest BCUT2D eigenvalue weighted by Crippen LogP contribution is -2.47. The third-order valence-electron chi connectivity index (χ3n) is 2.07. The van der Waals surface area contributed by atoms with Gasteiger partial charge in [0.05, 0.1) is 6.61 Å². The van der Waals surface area contributed by atoms with Crippen LogP contribution in [0.4, 0.5) is 0 Å². The number of aliphatic hydroxyl groups is 3. The van der Waals surface area contributed by atoms with E-state index in [0.29, 0.717) is 0 Å². The molecule has 9 heteroatoms. The molecule has 94 valence electrons. The predicted molar refractivity (Wildman–Crippen MR) is 56.2 cm³/mol. The molecule has 1 rings (SSSR count). The first-order valence-corrected chi connectivity index (χ1v) is 5.41. The average molecular weight is 295 g/mol. The zero-order valence-electron chi connectivity index (χ0n) is 7.81. The molecule has 0 spiro atoms. The summed E-state index contributed by atoms with van der Waals surface area (Å²) in [6.45, 7) is -0.502. The number of hydrogen-bond acceptors (Lipinski definition) is 5. The molecule has 6 nitrogen and oxygen atoms in total. The third-order valence-corrected chi connectivity index (χ3v) is 2.59. The summed E-state index contributed by atoms with van der Waals surface area (Å²) in [5, 5.41) is 29.7. The first-order valence-electron chi connectivity index (χ1n) is 4.27. The standard InChI is InChI=1S/C7H10Cl3NO5/c8-7(9,10)6(15)11-5-4(14)3(13)2(1-12)16-5/h2-5,12-14H,1H2,(H,11,15)/t2-,3-,4-,5-/m1/s1. The van der Waals surface area contributed by atoms with Crippen LogP contribution in [0, 0.1) is 0 Å². The molecule has 4 N–H and O–H groups in total. The summed E-state index contributed by atoms with van der Waals surface area (Å²) in [4.78, 5) is 11.2. The minimum atomic E-state index is -2.19. The van der Waals surface area contributed by atoms with Crippen molar-refractivity contribution in [3.8, 4) is 0 Å². The Morgan fingerprint density at radius 1 is 1.31 bits per heavy atom. The number of carbonyl (C=O) groups is 1. The first kappa shape index (κ1) is 14.2. The van der Waals surface area contributed by atoms with Crippen LogP contribution in [-0.4, -0.2) is 56.2 Å². The Morgan fingerprint density at radius 3 is 2.25 bits per heavy atom. The van der Waals surface area contributed by atoms with E-state index in [0.717, 1.165) is 0 Å². The van der Waals surface area contributed by atoms with Gasteiger partial charge < -0.3 is 25.4 Å². The van der Waals surface area contributed by atoms with Gasteiger partial charge in [-0.15, -0.1) is 0 Å². The lowest BCUT2D eigenvalue weighted by molar-refractivity contribution is -0.126. The molecule has 0 radical (unpaired) electrons. The lowest BCUT2D eigenvalue weighted by Gasteiger charge is -2.19. The average Bonchev–Trinajstić information content (AvgIpc) is 2.44. The van der Waals surface area contributed by atoms with Crippen LogP contribution in [-0.2, 0) is 9.53 Å². The number of ether oxygens (including phenoxy) is 1. The minimum absolute atomic E-state index is 0.502. The Labute approximate surface area is 106 Å². The highest BCUT2D eigenvalue weighted by Crippen LogP contribution is 2.27. The van der Waals surface area contributed by atoms with Gasteiger partial charge >= 0.3 is 0 Å². The Hall–Kier alpha value is 0.180. The van der Waals surface area contributed by atoms with Crippen molar-refractivity contribution in [1.29, 1.82) is 0 Å². The molecule has 0 aromatic heterocycles. The van der Waals surface area contributed by atoms with Crippen LogP contribution in [0.15, 0.2) is 0 Å². The SMILES string of the molecule is O=C(N[C@@H]1O[C@H](CO)[C@@H](O)[C@H]1O)C(Cl)(Cl)Cl. The molecule has 4 atom stereocenters. The fourth-order valence-electron chi connectivity index (χ4n) is 1.23. The van der Waals surface area contributed by atoms with E-state index in [1.54, 1.807) is 0 Å². The van der Waals surface area contributed by atoms with Crippen molar-refractivity contribution in [2.75, 3.05) is 6.61 Å². The topological polar surface area (TPSA) is 99.0 Å². The Morgan fingerprint density at radius 2 is 1.88 bits per heavy atom. The van der Waals surface area contributed by atoms with Crippen molar-refractivity contribution in [2.45, 2.75) is 28.3 Å². The van der Waals surface area contributed by atoms with Gasteiger partial charge in [-0.3, -0.25) is 4.79 Å². The Kier molecular flexibility index (Phi) is 4.65. The summed E-state index contributed by atoms with van der Waals surface area (Å²) in [7, 11) is 0. The normalized spacial score (nSPS) is 35.1. The molecule has 0 aromatic carbocycles. The third kappa shape index (κ3) is 3.10. The van der Waals surface area contributed by atoms with Gasteiger partial charge in [0.2, 0.25) is 0 Å². The van der Waals surface area contributed by atoms with E-state index in [9.17, 15) is 15.0 Å². The molecule has 0 aromatic rings. The molecule has 1 fully saturated rings. The smallest absolute Gasteiger partial charge is 0.274 e. The van der Waals surface area contributed by atoms with Crippen LogP contribution in [0.3, 0.4) is 0 Å². The van der Waals surface area contributed by atoms with E-state index in [4.69, 9.17) is 44.6 Å². The van der Waals surface area contributed by atoms with Crippen molar-refractivity contribution in [2.24, 2.45) is 0 Å². The van der Waals surface area contributed by atoms with Gasteiger partial charge in [-0.25, -0.2) is 0 Å².